The third kappa shape index (κ3) is 4.21. The Hall–Kier alpha value is -1.08. The van der Waals surface area contributed by atoms with Crippen LogP contribution in [0.4, 0.5) is 5.95 Å². The standard InChI is InChI=1S/C12H17ClN4O2S/c1-3-14-10-15-9(13)16-11(17-10)20-7-12(4-5-12)6-8(18)19-2/h3-7H2,1-2H3,(H,14,15,16,17). The number of esters is 1. The molecule has 0 bridgehead atoms. The van der Waals surface area contributed by atoms with Crippen LogP contribution < -0.4 is 5.32 Å². The van der Waals surface area contributed by atoms with Crippen molar-refractivity contribution < 1.29 is 9.53 Å². The molecule has 0 aromatic carbocycles. The maximum Gasteiger partial charge on any atom is 0.306 e. The molecule has 0 unspecified atom stereocenters. The zero-order chi connectivity index (χ0) is 14.6. The minimum Gasteiger partial charge on any atom is -0.469 e. The molecule has 1 aliphatic carbocycles. The van der Waals surface area contributed by atoms with Crippen molar-refractivity contribution in [2.75, 3.05) is 24.7 Å². The van der Waals surface area contributed by atoms with Gasteiger partial charge in [-0.05, 0) is 36.8 Å². The van der Waals surface area contributed by atoms with Gasteiger partial charge in [0.05, 0.1) is 13.5 Å². The van der Waals surface area contributed by atoms with E-state index in [1.54, 1.807) is 0 Å². The van der Waals surface area contributed by atoms with Crippen molar-refractivity contribution >= 4 is 35.3 Å². The quantitative estimate of drug-likeness (QED) is 0.611. The number of nitrogens with zero attached hydrogens (tertiary/aromatic N) is 3. The molecule has 0 saturated heterocycles. The molecule has 20 heavy (non-hydrogen) atoms. The maximum absolute atomic E-state index is 11.4. The molecule has 1 aromatic rings. The number of methoxy groups -OCH3 is 1. The molecule has 0 atom stereocenters. The van der Waals surface area contributed by atoms with Gasteiger partial charge in [0.25, 0.3) is 0 Å². The second-order valence-corrected chi connectivity index (χ2v) is 6.06. The van der Waals surface area contributed by atoms with E-state index in [0.29, 0.717) is 17.5 Å². The van der Waals surface area contributed by atoms with E-state index in [-0.39, 0.29) is 16.7 Å². The summed E-state index contributed by atoms with van der Waals surface area (Å²) in [6, 6.07) is 0. The number of nitrogens with one attached hydrogen (secondary N) is 1. The summed E-state index contributed by atoms with van der Waals surface area (Å²) in [7, 11) is 1.42. The largest absolute Gasteiger partial charge is 0.469 e. The molecular formula is C12H17ClN4O2S. The molecule has 0 spiro atoms. The van der Waals surface area contributed by atoms with Crippen LogP contribution in [0.25, 0.3) is 0 Å². The van der Waals surface area contributed by atoms with Crippen LogP contribution in [0.5, 0.6) is 0 Å². The van der Waals surface area contributed by atoms with Crippen molar-refractivity contribution in [3.63, 3.8) is 0 Å². The lowest BCUT2D eigenvalue weighted by Crippen LogP contribution is -2.13. The average molecular weight is 317 g/mol. The van der Waals surface area contributed by atoms with Crippen molar-refractivity contribution in [3.8, 4) is 0 Å². The smallest absolute Gasteiger partial charge is 0.306 e. The van der Waals surface area contributed by atoms with E-state index in [2.05, 4.69) is 20.3 Å². The molecule has 2 rings (SSSR count). The fraction of sp³-hybridized carbons (Fsp3) is 0.667. The fourth-order valence-electron chi connectivity index (χ4n) is 1.78. The number of carbonyl (C=O) groups is 1. The van der Waals surface area contributed by atoms with Crippen LogP contribution >= 0.6 is 23.4 Å². The van der Waals surface area contributed by atoms with E-state index in [1.807, 2.05) is 6.92 Å². The van der Waals surface area contributed by atoms with Gasteiger partial charge in [0.15, 0.2) is 5.16 Å². The van der Waals surface area contributed by atoms with Gasteiger partial charge in [-0.25, -0.2) is 0 Å². The summed E-state index contributed by atoms with van der Waals surface area (Å²) >= 11 is 7.37. The molecule has 1 aliphatic rings. The monoisotopic (exact) mass is 316 g/mol. The van der Waals surface area contributed by atoms with E-state index in [1.165, 1.54) is 18.9 Å². The molecule has 0 aliphatic heterocycles. The number of halogens is 1. The molecule has 1 saturated carbocycles. The van der Waals surface area contributed by atoms with Crippen molar-refractivity contribution in [2.24, 2.45) is 5.41 Å². The highest BCUT2D eigenvalue weighted by molar-refractivity contribution is 7.99. The first-order valence-electron chi connectivity index (χ1n) is 6.42. The Morgan fingerprint density at radius 2 is 2.20 bits per heavy atom. The molecule has 1 fully saturated rings. The normalized spacial score (nSPS) is 15.8. The number of carbonyl (C=O) groups excluding carboxylic acids is 1. The Morgan fingerprint density at radius 1 is 1.45 bits per heavy atom. The van der Waals surface area contributed by atoms with Crippen LogP contribution in [0, 0.1) is 5.41 Å². The highest BCUT2D eigenvalue weighted by Gasteiger charge is 2.44. The molecule has 1 aromatic heterocycles. The van der Waals surface area contributed by atoms with Crippen LogP contribution in [0.3, 0.4) is 0 Å². The molecule has 110 valence electrons. The lowest BCUT2D eigenvalue weighted by molar-refractivity contribution is -0.141. The number of ether oxygens (including phenoxy) is 1. The number of hydrogen-bond acceptors (Lipinski definition) is 7. The number of anilines is 1. The van der Waals surface area contributed by atoms with Gasteiger partial charge in [-0.2, -0.15) is 15.0 Å². The Balaban J connectivity index is 1.95. The molecular weight excluding hydrogens is 300 g/mol. The van der Waals surface area contributed by atoms with Crippen LogP contribution in [0.2, 0.25) is 5.28 Å². The summed E-state index contributed by atoms with van der Waals surface area (Å²) in [5.74, 6) is 1.10. The van der Waals surface area contributed by atoms with E-state index in [9.17, 15) is 4.79 Å². The highest BCUT2D eigenvalue weighted by Crippen LogP contribution is 2.51. The average Bonchev–Trinajstić information content (AvgIpc) is 3.16. The van der Waals surface area contributed by atoms with E-state index in [4.69, 9.17) is 16.3 Å². The topological polar surface area (TPSA) is 77.0 Å². The number of aromatic nitrogens is 3. The number of thioether (sulfide) groups is 1. The highest BCUT2D eigenvalue weighted by atomic mass is 35.5. The van der Waals surface area contributed by atoms with Crippen molar-refractivity contribution in [1.82, 2.24) is 15.0 Å². The number of hydrogen-bond donors (Lipinski definition) is 1. The Bertz CT molecular complexity index is 496. The molecule has 0 amide bonds. The first kappa shape index (κ1) is 15.3. The van der Waals surface area contributed by atoms with E-state index < -0.39 is 0 Å². The van der Waals surface area contributed by atoms with Gasteiger partial charge in [-0.3, -0.25) is 4.79 Å². The van der Waals surface area contributed by atoms with Gasteiger partial charge in [-0.15, -0.1) is 0 Å². The van der Waals surface area contributed by atoms with E-state index in [0.717, 1.165) is 25.1 Å². The summed E-state index contributed by atoms with van der Waals surface area (Å²) < 4.78 is 4.73. The third-order valence-electron chi connectivity index (χ3n) is 3.13. The van der Waals surface area contributed by atoms with Crippen molar-refractivity contribution in [1.29, 1.82) is 0 Å². The second-order valence-electron chi connectivity index (χ2n) is 4.78. The lowest BCUT2D eigenvalue weighted by atomic mass is 10.1. The van der Waals surface area contributed by atoms with Gasteiger partial charge in [0.2, 0.25) is 11.2 Å². The van der Waals surface area contributed by atoms with Gasteiger partial charge >= 0.3 is 5.97 Å². The summed E-state index contributed by atoms with van der Waals surface area (Å²) in [6.45, 7) is 2.68. The summed E-state index contributed by atoms with van der Waals surface area (Å²) in [6.07, 6.45) is 2.53. The first-order valence-corrected chi connectivity index (χ1v) is 7.78. The Labute approximate surface area is 127 Å². The second kappa shape index (κ2) is 6.58. The third-order valence-corrected chi connectivity index (χ3v) is 4.50. The molecule has 1 N–H and O–H groups in total. The van der Waals surface area contributed by atoms with Crippen LogP contribution in [-0.2, 0) is 9.53 Å². The van der Waals surface area contributed by atoms with Crippen LogP contribution in [0.15, 0.2) is 5.16 Å². The SMILES string of the molecule is CCNc1nc(Cl)nc(SCC2(CC(=O)OC)CC2)n1. The predicted octanol–water partition coefficient (Wildman–Crippen LogP) is 2.39. The van der Waals surface area contributed by atoms with Crippen LogP contribution in [0.1, 0.15) is 26.2 Å². The Morgan fingerprint density at radius 3 is 2.80 bits per heavy atom. The van der Waals surface area contributed by atoms with Gasteiger partial charge in [0.1, 0.15) is 0 Å². The van der Waals surface area contributed by atoms with Gasteiger partial charge < -0.3 is 10.1 Å². The summed E-state index contributed by atoms with van der Waals surface area (Å²) in [5, 5.41) is 3.77. The van der Waals surface area contributed by atoms with Crippen molar-refractivity contribution in [2.45, 2.75) is 31.3 Å². The molecule has 1 heterocycles. The fourth-order valence-corrected chi connectivity index (χ4v) is 3.12. The van der Waals surface area contributed by atoms with Gasteiger partial charge in [-0.1, -0.05) is 11.8 Å². The summed E-state index contributed by atoms with van der Waals surface area (Å²) in [5.41, 5.74) is 0.0369. The first-order chi connectivity index (χ1) is 9.57. The predicted molar refractivity (Wildman–Crippen MR) is 78.0 cm³/mol. The van der Waals surface area contributed by atoms with E-state index >= 15 is 0 Å². The Kier molecular flexibility index (Phi) is 5.04. The zero-order valence-electron chi connectivity index (χ0n) is 11.5. The molecule has 0 radical (unpaired) electrons. The minimum atomic E-state index is -0.162. The maximum atomic E-state index is 11.4. The van der Waals surface area contributed by atoms with Gasteiger partial charge in [0, 0.05) is 12.3 Å². The summed E-state index contributed by atoms with van der Waals surface area (Å²) in [4.78, 5) is 23.7. The van der Waals surface area contributed by atoms with Crippen LogP contribution in [-0.4, -0.2) is 40.3 Å². The molecule has 6 nitrogen and oxygen atoms in total. The minimum absolute atomic E-state index is 0.0369. The van der Waals surface area contributed by atoms with Crippen molar-refractivity contribution in [3.05, 3.63) is 5.28 Å². The zero-order valence-corrected chi connectivity index (χ0v) is 13.1. The lowest BCUT2D eigenvalue weighted by Gasteiger charge is -2.12. The number of rotatable bonds is 7. The molecule has 8 heteroatoms.